The molecule has 0 unspecified atom stereocenters. The number of hydrogen-bond acceptors (Lipinski definition) is 2. The maximum absolute atomic E-state index is 5.19. The van der Waals surface area contributed by atoms with Crippen LogP contribution in [0.25, 0.3) is 0 Å². The lowest BCUT2D eigenvalue weighted by Gasteiger charge is -2.41. The van der Waals surface area contributed by atoms with Crippen LogP contribution in [0.5, 0.6) is 0 Å². The summed E-state index contributed by atoms with van der Waals surface area (Å²) in [4.78, 5) is 7.44. The van der Waals surface area contributed by atoms with Crippen LogP contribution in [-0.4, -0.2) is 54.5 Å². The minimum Gasteiger partial charge on any atom is -0.366 e. The van der Waals surface area contributed by atoms with Crippen molar-refractivity contribution in [1.29, 1.82) is 0 Å². The Kier molecular flexibility index (Phi) is 8.69. The molecule has 0 radical (unpaired) electrons. The van der Waals surface area contributed by atoms with Crippen LogP contribution in [0.15, 0.2) is 4.99 Å². The quantitative estimate of drug-likeness (QED) is 0.384. The Morgan fingerprint density at radius 3 is 1.80 bits per heavy atom. The van der Waals surface area contributed by atoms with Gasteiger partial charge in [0.2, 0.25) is 0 Å². The molecular weight excluding hydrogens is 325 g/mol. The van der Waals surface area contributed by atoms with E-state index in [2.05, 4.69) is 45.1 Å². The lowest BCUT2D eigenvalue weighted by atomic mass is 9.99. The molecule has 2 saturated carbocycles. The summed E-state index contributed by atoms with van der Waals surface area (Å²) in [6.07, 6.45) is 14.4. The molecule has 0 saturated heterocycles. The first-order valence-electron chi connectivity index (χ1n) is 10.6. The largest absolute Gasteiger partial charge is 0.366 e. The van der Waals surface area contributed by atoms with E-state index in [-0.39, 0.29) is 13.5 Å². The van der Waals surface area contributed by atoms with Gasteiger partial charge in [0.25, 0.3) is 0 Å². The van der Waals surface area contributed by atoms with Crippen molar-refractivity contribution in [3.05, 3.63) is 0 Å². The molecule has 2 fully saturated rings. The highest BCUT2D eigenvalue weighted by Gasteiger charge is 2.35. The lowest BCUT2D eigenvalue weighted by Crippen LogP contribution is -2.43. The lowest BCUT2D eigenvalue weighted by molar-refractivity contribution is 0.420. The van der Waals surface area contributed by atoms with Gasteiger partial charge >= 0.3 is 0 Å². The van der Waals surface area contributed by atoms with E-state index in [1.165, 1.54) is 69.8 Å². The highest BCUT2D eigenvalue weighted by atomic mass is 31.1. The number of amidine groups is 1. The van der Waals surface area contributed by atoms with Crippen molar-refractivity contribution in [3.63, 3.8) is 0 Å². The van der Waals surface area contributed by atoms with Crippen molar-refractivity contribution in [2.45, 2.75) is 102 Å². The Hall–Kier alpha value is -0.140. The van der Waals surface area contributed by atoms with Crippen LogP contribution >= 0.6 is 7.92 Å². The Bertz CT molecular complexity index is 384. The second-order valence-corrected chi connectivity index (χ2v) is 12.1. The second kappa shape index (κ2) is 10.3. The average Bonchev–Trinajstić information content (AvgIpc) is 2.55. The van der Waals surface area contributed by atoms with Gasteiger partial charge in [-0.2, -0.15) is 0 Å². The molecule has 146 valence electrons. The molecule has 25 heavy (non-hydrogen) atoms. The predicted molar refractivity (Wildman–Crippen MR) is 114 cm³/mol. The van der Waals surface area contributed by atoms with Gasteiger partial charge in [0.15, 0.2) is 0 Å². The molecule has 4 heteroatoms. The third kappa shape index (κ3) is 7.55. The van der Waals surface area contributed by atoms with Crippen LogP contribution in [0.2, 0.25) is 0 Å². The van der Waals surface area contributed by atoms with Crippen LogP contribution in [-0.2, 0) is 0 Å². The first-order valence-corrected chi connectivity index (χ1v) is 12.1. The number of rotatable bonds is 6. The van der Waals surface area contributed by atoms with Gasteiger partial charge in [-0.15, -0.1) is 0 Å². The van der Waals surface area contributed by atoms with Gasteiger partial charge in [-0.05, 0) is 79.8 Å². The van der Waals surface area contributed by atoms with Gasteiger partial charge in [0.05, 0.1) is 6.54 Å². The topological polar surface area (TPSA) is 27.6 Å². The van der Waals surface area contributed by atoms with Crippen LogP contribution in [0.3, 0.4) is 0 Å². The Morgan fingerprint density at radius 2 is 1.40 bits per heavy atom. The van der Waals surface area contributed by atoms with Gasteiger partial charge in [0.1, 0.15) is 5.58 Å². The van der Waals surface area contributed by atoms with Gasteiger partial charge < -0.3 is 10.2 Å². The summed E-state index contributed by atoms with van der Waals surface area (Å²) in [5.74, 6) is 0. The second-order valence-electron chi connectivity index (χ2n) is 9.37. The van der Waals surface area contributed by atoms with Crippen LogP contribution in [0.4, 0.5) is 0 Å². The smallest absolute Gasteiger partial charge is 0.120 e. The molecule has 0 amide bonds. The zero-order valence-corrected chi connectivity index (χ0v) is 18.4. The van der Waals surface area contributed by atoms with E-state index in [0.717, 1.165) is 24.4 Å². The van der Waals surface area contributed by atoms with Crippen molar-refractivity contribution in [2.24, 2.45) is 4.99 Å². The van der Waals surface area contributed by atoms with Crippen molar-refractivity contribution in [3.8, 4) is 0 Å². The maximum atomic E-state index is 5.19. The molecule has 0 aromatic rings. The van der Waals surface area contributed by atoms with E-state index in [1.54, 1.807) is 0 Å². The summed E-state index contributed by atoms with van der Waals surface area (Å²) < 4.78 is 0. The fourth-order valence-corrected chi connectivity index (χ4v) is 8.10. The Balaban J connectivity index is 2.22. The Labute approximate surface area is 158 Å². The first kappa shape index (κ1) is 21.2. The van der Waals surface area contributed by atoms with Gasteiger partial charge in [-0.25, -0.2) is 0 Å². The zero-order valence-electron chi connectivity index (χ0n) is 17.5. The summed E-state index contributed by atoms with van der Waals surface area (Å²) in [6, 6.07) is 0. The monoisotopic (exact) mass is 367 g/mol. The molecule has 0 spiro atoms. The number of likely N-dealkylation sites (N-methyl/N-ethyl adjacent to an activating group) is 1. The van der Waals surface area contributed by atoms with Crippen LogP contribution in [0, 0.1) is 0 Å². The summed E-state index contributed by atoms with van der Waals surface area (Å²) in [5.41, 5.74) is 3.35. The molecule has 0 atom stereocenters. The van der Waals surface area contributed by atoms with Crippen molar-refractivity contribution in [1.82, 2.24) is 10.2 Å². The van der Waals surface area contributed by atoms with E-state index in [1.807, 2.05) is 0 Å². The fourth-order valence-electron chi connectivity index (χ4n) is 4.24. The molecule has 0 heterocycles. The third-order valence-corrected chi connectivity index (χ3v) is 8.83. The van der Waals surface area contributed by atoms with E-state index in [9.17, 15) is 0 Å². The minimum atomic E-state index is -0.135. The van der Waals surface area contributed by atoms with Crippen LogP contribution in [0.1, 0.15) is 85.0 Å². The Morgan fingerprint density at radius 1 is 0.920 bits per heavy atom. The van der Waals surface area contributed by atoms with Crippen molar-refractivity contribution in [2.75, 3.05) is 27.2 Å². The molecular formula is C21H42N3P. The maximum Gasteiger partial charge on any atom is 0.120 e. The highest BCUT2D eigenvalue weighted by molar-refractivity contribution is 7.76. The van der Waals surface area contributed by atoms with E-state index < -0.39 is 0 Å². The normalized spacial score (nSPS) is 22.0. The van der Waals surface area contributed by atoms with E-state index in [4.69, 9.17) is 4.99 Å². The minimum absolute atomic E-state index is 0.112. The first-order chi connectivity index (χ1) is 11.9. The molecule has 0 aromatic heterocycles. The molecule has 0 aromatic carbocycles. The molecule has 2 aliphatic carbocycles. The highest BCUT2D eigenvalue weighted by Crippen LogP contribution is 2.56. The van der Waals surface area contributed by atoms with Gasteiger partial charge in [0, 0.05) is 12.1 Å². The summed E-state index contributed by atoms with van der Waals surface area (Å²) >= 11 is 0. The molecule has 3 nitrogen and oxygen atoms in total. The average molecular weight is 368 g/mol. The SMILES string of the molecule is CN(C)CCN=C(NC(C)(C)C)P(C1CCCCC1)C1CCCCC1. The van der Waals surface area contributed by atoms with Crippen LogP contribution < -0.4 is 5.32 Å². The number of nitrogens with zero attached hydrogens (tertiary/aromatic N) is 2. The summed E-state index contributed by atoms with van der Waals surface area (Å²) in [6.45, 7) is 8.87. The number of aliphatic imine (C=N–C) groups is 1. The standard InChI is InChI=1S/C21H42N3P/c1-21(2,3)23-20(22-16-17-24(4)5)25(18-12-8-6-9-13-18)19-14-10-7-11-15-19/h18-19H,6-17H2,1-5H3,(H,22,23). The fraction of sp³-hybridized carbons (Fsp3) is 0.952. The van der Waals surface area contributed by atoms with Gasteiger partial charge in [-0.1, -0.05) is 38.5 Å². The van der Waals surface area contributed by atoms with E-state index in [0.29, 0.717) is 0 Å². The third-order valence-electron chi connectivity index (χ3n) is 5.48. The molecule has 2 rings (SSSR count). The molecule has 0 bridgehead atoms. The number of nitrogens with one attached hydrogen (secondary N) is 1. The predicted octanol–water partition coefficient (Wildman–Crippen LogP) is 5.44. The summed E-state index contributed by atoms with van der Waals surface area (Å²) in [7, 11) is 4.17. The summed E-state index contributed by atoms with van der Waals surface area (Å²) in [5, 5.41) is 3.88. The molecule has 2 aliphatic rings. The molecule has 1 N–H and O–H groups in total. The number of hydrogen-bond donors (Lipinski definition) is 1. The molecule has 0 aliphatic heterocycles. The van der Waals surface area contributed by atoms with Crippen molar-refractivity contribution < 1.29 is 0 Å². The van der Waals surface area contributed by atoms with Gasteiger partial charge in [-0.3, -0.25) is 4.99 Å². The van der Waals surface area contributed by atoms with E-state index >= 15 is 0 Å². The zero-order chi connectivity index (χ0) is 18.3. The van der Waals surface area contributed by atoms with Crippen molar-refractivity contribution >= 4 is 13.5 Å².